The van der Waals surface area contributed by atoms with Crippen LogP contribution in [0.15, 0.2) is 103 Å². The molecule has 2 fully saturated rings. The van der Waals surface area contributed by atoms with Crippen LogP contribution in [0.3, 0.4) is 0 Å². The number of hydrogen-bond donors (Lipinski definition) is 2. The maximum atomic E-state index is 13.2. The van der Waals surface area contributed by atoms with Gasteiger partial charge in [-0.2, -0.15) is 0 Å². The van der Waals surface area contributed by atoms with Crippen LogP contribution in [0.5, 0.6) is 5.75 Å². The summed E-state index contributed by atoms with van der Waals surface area (Å²) in [5.41, 5.74) is 10.3. The van der Waals surface area contributed by atoms with E-state index in [0.29, 0.717) is 56.2 Å². The Kier molecular flexibility index (Phi) is 10.2. The lowest BCUT2D eigenvalue weighted by atomic mass is 9.69. The maximum absolute atomic E-state index is 13.2. The number of phenols is 1. The minimum absolute atomic E-state index is 0.0334. The predicted molar refractivity (Wildman–Crippen MR) is 208 cm³/mol. The highest BCUT2D eigenvalue weighted by atomic mass is 16.5. The molecular weight excluding hydrogens is 659 g/mol. The number of nitrogens with one attached hydrogen (secondary N) is 1. The van der Waals surface area contributed by atoms with Crippen molar-refractivity contribution in [1.29, 1.82) is 0 Å². The first-order valence-electron chi connectivity index (χ1n) is 19.5. The van der Waals surface area contributed by atoms with Crippen LogP contribution in [0.4, 0.5) is 0 Å². The molecule has 53 heavy (non-hydrogen) atoms. The number of aryl methyl sites for hydroxylation is 1. The molecule has 7 nitrogen and oxygen atoms in total. The molecule has 274 valence electrons. The van der Waals surface area contributed by atoms with Crippen LogP contribution < -0.4 is 5.32 Å². The van der Waals surface area contributed by atoms with E-state index in [9.17, 15) is 14.7 Å². The third-order valence-electron chi connectivity index (χ3n) is 12.5. The van der Waals surface area contributed by atoms with E-state index < -0.39 is 6.04 Å². The van der Waals surface area contributed by atoms with E-state index >= 15 is 0 Å². The van der Waals surface area contributed by atoms with Crippen molar-refractivity contribution < 1.29 is 19.4 Å². The number of piperidine rings is 1. The highest BCUT2D eigenvalue weighted by Gasteiger charge is 2.38. The summed E-state index contributed by atoms with van der Waals surface area (Å²) in [4.78, 5) is 30.0. The number of benzene rings is 4. The van der Waals surface area contributed by atoms with Gasteiger partial charge >= 0.3 is 0 Å². The largest absolute Gasteiger partial charge is 0.508 e. The lowest BCUT2D eigenvalue weighted by Crippen LogP contribution is -2.49. The van der Waals surface area contributed by atoms with E-state index in [1.54, 1.807) is 4.90 Å². The van der Waals surface area contributed by atoms with Crippen molar-refractivity contribution in [2.45, 2.75) is 94.4 Å². The van der Waals surface area contributed by atoms with Crippen molar-refractivity contribution in [2.24, 2.45) is 0 Å². The van der Waals surface area contributed by atoms with Crippen molar-refractivity contribution in [1.82, 2.24) is 15.1 Å². The summed E-state index contributed by atoms with van der Waals surface area (Å²) in [7, 11) is 2.22. The SMILES string of the molecule is C=C1CC[C@H](N2Cc3cc(C4CCC(N(C)CCOCc5ccc([C@H]6c7ccc(O)cc7CC[C@H]6c6ccccc6)cc5)CC4)ccc3C2=O)C(=O)N1. The molecule has 0 radical (unpaired) electrons. The van der Waals surface area contributed by atoms with Gasteiger partial charge in [-0.25, -0.2) is 0 Å². The number of aromatic hydroxyl groups is 1. The monoisotopic (exact) mass is 709 g/mol. The van der Waals surface area contributed by atoms with Crippen molar-refractivity contribution in [3.8, 4) is 5.75 Å². The minimum Gasteiger partial charge on any atom is -0.508 e. The van der Waals surface area contributed by atoms with E-state index in [1.807, 2.05) is 18.2 Å². The molecule has 7 heteroatoms. The minimum atomic E-state index is -0.421. The number of phenolic OH excluding ortho intramolecular Hbond substituents is 1. The topological polar surface area (TPSA) is 82.1 Å². The number of ether oxygens (including phenoxy) is 1. The quantitative estimate of drug-likeness (QED) is 0.163. The molecule has 4 aromatic carbocycles. The Morgan fingerprint density at radius 1 is 0.830 bits per heavy atom. The number of amides is 2. The molecule has 0 aromatic heterocycles. The number of rotatable bonds is 10. The average Bonchev–Trinajstić information content (AvgIpc) is 3.51. The van der Waals surface area contributed by atoms with Gasteiger partial charge in [0, 0.05) is 36.3 Å². The number of fused-ring (bicyclic) bond motifs is 2. The van der Waals surface area contributed by atoms with Crippen molar-refractivity contribution in [3.05, 3.63) is 148 Å². The first kappa shape index (κ1) is 35.3. The number of likely N-dealkylation sites (N-methyl/N-ethyl adjacent to an activating group) is 1. The Hall–Kier alpha value is -4.72. The number of allylic oxidation sites excluding steroid dienone is 1. The molecule has 2 aliphatic carbocycles. The molecule has 1 saturated heterocycles. The summed E-state index contributed by atoms with van der Waals surface area (Å²) in [6, 6.07) is 32.2. The molecule has 4 aliphatic rings. The third-order valence-corrected chi connectivity index (χ3v) is 12.5. The predicted octanol–water partition coefficient (Wildman–Crippen LogP) is 8.18. The zero-order valence-electron chi connectivity index (χ0n) is 30.8. The fourth-order valence-corrected chi connectivity index (χ4v) is 9.46. The van der Waals surface area contributed by atoms with Gasteiger partial charge in [-0.1, -0.05) is 79.4 Å². The van der Waals surface area contributed by atoms with Gasteiger partial charge in [0.25, 0.3) is 5.91 Å². The summed E-state index contributed by atoms with van der Waals surface area (Å²) in [5, 5.41) is 13.0. The molecule has 2 amide bonds. The second-order valence-corrected chi connectivity index (χ2v) is 15.7. The van der Waals surface area contributed by atoms with Gasteiger partial charge in [-0.05, 0) is 127 Å². The Bertz CT molecular complexity index is 1970. The molecule has 3 atom stereocenters. The second-order valence-electron chi connectivity index (χ2n) is 15.7. The molecule has 0 spiro atoms. The maximum Gasteiger partial charge on any atom is 0.255 e. The first-order chi connectivity index (χ1) is 25.8. The summed E-state index contributed by atoms with van der Waals surface area (Å²) >= 11 is 0. The van der Waals surface area contributed by atoms with Crippen LogP contribution in [0, 0.1) is 0 Å². The summed E-state index contributed by atoms with van der Waals surface area (Å²) in [6.45, 7) is 6.56. The van der Waals surface area contributed by atoms with Crippen molar-refractivity contribution in [3.63, 3.8) is 0 Å². The molecule has 1 saturated carbocycles. The molecular formula is C46H51N3O4. The van der Waals surface area contributed by atoms with Crippen LogP contribution in [0.1, 0.15) is 112 Å². The molecule has 0 unspecified atom stereocenters. The zero-order valence-corrected chi connectivity index (χ0v) is 30.8. The average molecular weight is 710 g/mol. The Morgan fingerprint density at radius 2 is 1.60 bits per heavy atom. The van der Waals surface area contributed by atoms with E-state index in [0.717, 1.165) is 61.9 Å². The van der Waals surface area contributed by atoms with Crippen molar-refractivity contribution in [2.75, 3.05) is 20.2 Å². The number of carbonyl (C=O) groups excluding carboxylic acids is 2. The van der Waals surface area contributed by atoms with Gasteiger partial charge in [-0.15, -0.1) is 0 Å². The smallest absolute Gasteiger partial charge is 0.255 e. The lowest BCUT2D eigenvalue weighted by Gasteiger charge is -2.35. The van der Waals surface area contributed by atoms with Crippen LogP contribution in [0.25, 0.3) is 0 Å². The van der Waals surface area contributed by atoms with Gasteiger partial charge in [0.15, 0.2) is 0 Å². The van der Waals surface area contributed by atoms with E-state index in [2.05, 4.69) is 96.6 Å². The molecule has 0 bridgehead atoms. The van der Waals surface area contributed by atoms with Gasteiger partial charge in [0.05, 0.1) is 13.2 Å². The fraction of sp³-hybridized carbons (Fsp3) is 0.391. The van der Waals surface area contributed by atoms with E-state index in [-0.39, 0.29) is 17.7 Å². The molecule has 2 heterocycles. The Labute approximate surface area is 313 Å². The summed E-state index contributed by atoms with van der Waals surface area (Å²) in [6.07, 6.45) is 7.91. The lowest BCUT2D eigenvalue weighted by molar-refractivity contribution is -0.126. The third kappa shape index (κ3) is 7.42. The number of carbonyl (C=O) groups is 2. The molecule has 8 rings (SSSR count). The summed E-state index contributed by atoms with van der Waals surface area (Å²) in [5.74, 6) is 1.32. The normalized spacial score (nSPS) is 24.2. The zero-order chi connectivity index (χ0) is 36.5. The molecule has 2 aliphatic heterocycles. The van der Waals surface area contributed by atoms with Crippen molar-refractivity contribution >= 4 is 11.8 Å². The van der Waals surface area contributed by atoms with Crippen LogP contribution in [-0.2, 0) is 29.1 Å². The van der Waals surface area contributed by atoms with E-state index in [4.69, 9.17) is 4.74 Å². The number of hydrogen-bond acceptors (Lipinski definition) is 5. The van der Waals surface area contributed by atoms with Gasteiger partial charge < -0.3 is 25.0 Å². The first-order valence-corrected chi connectivity index (χ1v) is 19.5. The standard InChI is InChI=1S/C46H51N3O4/c1-30-8-23-43(45(51)47-30)49-28-37-26-35(15-21-42(37)46(49)52)32-13-17-38(18-14-32)48(2)24-25-53-29-31-9-11-34(12-10-31)44-40(33-6-4-3-5-7-33)20-16-36-27-39(50)19-22-41(36)44/h3-7,9-12,15,19,21-22,26-27,32,38,40,43-44,50H,1,8,13-14,16-18,20,23-25,28-29H2,2H3,(H,47,51)/t32?,38?,40-,43-,44+/m0/s1. The molecule has 4 aromatic rings. The van der Waals surface area contributed by atoms with Gasteiger partial charge in [0.2, 0.25) is 5.91 Å². The highest BCUT2D eigenvalue weighted by Crippen LogP contribution is 2.47. The highest BCUT2D eigenvalue weighted by molar-refractivity contribution is 6.01. The molecule has 2 N–H and O–H groups in total. The second kappa shape index (κ2) is 15.3. The van der Waals surface area contributed by atoms with Gasteiger partial charge in [0.1, 0.15) is 11.8 Å². The Balaban J connectivity index is 0.814. The summed E-state index contributed by atoms with van der Waals surface area (Å²) < 4.78 is 6.20. The number of nitrogens with zero attached hydrogens (tertiary/aromatic N) is 2. The van der Waals surface area contributed by atoms with E-state index in [1.165, 1.54) is 33.4 Å². The van der Waals surface area contributed by atoms with Gasteiger partial charge in [-0.3, -0.25) is 9.59 Å². The Morgan fingerprint density at radius 3 is 2.38 bits per heavy atom. The fourth-order valence-electron chi connectivity index (χ4n) is 9.46. The van der Waals surface area contributed by atoms with Crippen LogP contribution >= 0.6 is 0 Å². The van der Waals surface area contributed by atoms with Crippen LogP contribution in [-0.4, -0.2) is 59.0 Å². The van der Waals surface area contributed by atoms with Crippen LogP contribution in [0.2, 0.25) is 0 Å².